The third-order valence-electron chi connectivity index (χ3n) is 4.16. The van der Waals surface area contributed by atoms with E-state index in [1.807, 2.05) is 87.6 Å². The number of benzene rings is 2. The maximum absolute atomic E-state index is 12.6. The molecule has 0 aliphatic carbocycles. The van der Waals surface area contributed by atoms with Crippen LogP contribution in [0.2, 0.25) is 0 Å². The van der Waals surface area contributed by atoms with Crippen LogP contribution in [0.1, 0.15) is 26.3 Å². The molecule has 0 bridgehead atoms. The predicted octanol–water partition coefficient (Wildman–Crippen LogP) is 5.06. The van der Waals surface area contributed by atoms with Crippen LogP contribution in [0.15, 0.2) is 72.4 Å². The molecule has 3 rings (SSSR count). The van der Waals surface area contributed by atoms with Crippen LogP contribution >= 0.6 is 0 Å². The van der Waals surface area contributed by atoms with Gasteiger partial charge in [0, 0.05) is 22.7 Å². The highest BCUT2D eigenvalue weighted by molar-refractivity contribution is 6.06. The number of hydrogen-bond donors (Lipinski definition) is 0. The zero-order chi connectivity index (χ0) is 19.4. The molecule has 0 amide bonds. The molecule has 1 aromatic heterocycles. The highest BCUT2D eigenvalue weighted by Gasteiger charge is 2.25. The van der Waals surface area contributed by atoms with E-state index < -0.39 is 5.41 Å². The van der Waals surface area contributed by atoms with Crippen LogP contribution in [-0.2, 0) is 4.79 Å². The first-order valence-electron chi connectivity index (χ1n) is 8.77. The highest BCUT2D eigenvalue weighted by atomic mass is 16.1. The Labute approximate surface area is 159 Å². The molecule has 2 aromatic carbocycles. The van der Waals surface area contributed by atoms with E-state index in [4.69, 9.17) is 5.10 Å². The van der Waals surface area contributed by atoms with Crippen LogP contribution in [0.4, 0.5) is 0 Å². The first-order valence-corrected chi connectivity index (χ1v) is 8.77. The minimum absolute atomic E-state index is 0.132. The number of carbonyl (C=O) groups excluding carboxylic acids is 1. The molecular formula is C23H21N3O. The van der Waals surface area contributed by atoms with E-state index in [1.165, 1.54) is 0 Å². The molecule has 4 nitrogen and oxygen atoms in total. The quantitative estimate of drug-likeness (QED) is 0.485. The molecule has 27 heavy (non-hydrogen) atoms. The van der Waals surface area contributed by atoms with Gasteiger partial charge >= 0.3 is 0 Å². The summed E-state index contributed by atoms with van der Waals surface area (Å²) in [6, 6.07) is 21.6. The fraction of sp³-hybridized carbons (Fsp3) is 0.174. The lowest BCUT2D eigenvalue weighted by atomic mass is 9.86. The molecule has 0 spiro atoms. The number of ketones is 1. The molecule has 0 fully saturated rings. The van der Waals surface area contributed by atoms with Crippen molar-refractivity contribution in [1.82, 2.24) is 9.78 Å². The van der Waals surface area contributed by atoms with Crippen LogP contribution in [0.3, 0.4) is 0 Å². The lowest BCUT2D eigenvalue weighted by molar-refractivity contribution is -0.121. The second-order valence-electron chi connectivity index (χ2n) is 7.33. The second-order valence-corrected chi connectivity index (χ2v) is 7.33. The molecule has 0 atom stereocenters. The van der Waals surface area contributed by atoms with E-state index in [2.05, 4.69) is 6.07 Å². The summed E-state index contributed by atoms with van der Waals surface area (Å²) in [5.74, 6) is -0.184. The van der Waals surface area contributed by atoms with Crippen molar-refractivity contribution in [3.63, 3.8) is 0 Å². The van der Waals surface area contributed by atoms with Gasteiger partial charge in [-0.3, -0.25) is 4.79 Å². The van der Waals surface area contributed by atoms with Crippen molar-refractivity contribution in [2.75, 3.05) is 0 Å². The summed E-state index contributed by atoms with van der Waals surface area (Å²) in [7, 11) is 0. The van der Waals surface area contributed by atoms with Crippen LogP contribution in [0.5, 0.6) is 0 Å². The highest BCUT2D eigenvalue weighted by Crippen LogP contribution is 2.27. The molecule has 4 heteroatoms. The zero-order valence-corrected chi connectivity index (χ0v) is 15.7. The normalized spacial score (nSPS) is 11.9. The molecule has 134 valence electrons. The summed E-state index contributed by atoms with van der Waals surface area (Å²) in [6.07, 6.45) is 3.49. The minimum atomic E-state index is -0.621. The number of rotatable bonds is 4. The topological polar surface area (TPSA) is 58.7 Å². The second kappa shape index (κ2) is 7.43. The molecule has 0 unspecified atom stereocenters. The minimum Gasteiger partial charge on any atom is -0.293 e. The summed E-state index contributed by atoms with van der Waals surface area (Å²) in [6.45, 7) is 5.43. The monoisotopic (exact) mass is 355 g/mol. The number of Topliss-reactive ketones (excluding diaryl/α,β-unsaturated/α-hetero) is 1. The smallest absolute Gasteiger partial charge is 0.178 e. The third-order valence-corrected chi connectivity index (χ3v) is 4.16. The Morgan fingerprint density at radius 1 is 1.04 bits per heavy atom. The summed E-state index contributed by atoms with van der Waals surface area (Å²) in [5, 5.41) is 14.3. The first-order chi connectivity index (χ1) is 12.9. The van der Waals surface area contributed by atoms with Crippen molar-refractivity contribution in [3.05, 3.63) is 78.0 Å². The van der Waals surface area contributed by atoms with E-state index in [-0.39, 0.29) is 11.4 Å². The van der Waals surface area contributed by atoms with Crippen molar-refractivity contribution in [1.29, 1.82) is 5.26 Å². The number of nitriles is 1. The van der Waals surface area contributed by atoms with Crippen LogP contribution in [-0.4, -0.2) is 15.6 Å². The fourth-order valence-corrected chi connectivity index (χ4v) is 2.73. The average molecular weight is 355 g/mol. The van der Waals surface area contributed by atoms with Crippen molar-refractivity contribution >= 4 is 11.9 Å². The number of nitrogens with zero attached hydrogens (tertiary/aromatic N) is 3. The maximum Gasteiger partial charge on any atom is 0.178 e. The van der Waals surface area contributed by atoms with E-state index in [0.717, 1.165) is 22.5 Å². The first kappa shape index (κ1) is 18.3. The number of para-hydroxylation sites is 1. The van der Waals surface area contributed by atoms with Crippen LogP contribution in [0.25, 0.3) is 23.0 Å². The Hall–Kier alpha value is -3.45. The Morgan fingerprint density at radius 2 is 1.63 bits per heavy atom. The van der Waals surface area contributed by atoms with E-state index >= 15 is 0 Å². The van der Waals surface area contributed by atoms with Gasteiger partial charge in [0.15, 0.2) is 5.78 Å². The van der Waals surface area contributed by atoms with Crippen molar-refractivity contribution < 1.29 is 4.79 Å². The van der Waals surface area contributed by atoms with Gasteiger partial charge in [0.25, 0.3) is 0 Å². The van der Waals surface area contributed by atoms with Gasteiger partial charge in [0.1, 0.15) is 6.07 Å². The van der Waals surface area contributed by atoms with E-state index in [0.29, 0.717) is 0 Å². The predicted molar refractivity (Wildman–Crippen MR) is 107 cm³/mol. The molecule has 0 aliphatic rings. The summed E-state index contributed by atoms with van der Waals surface area (Å²) in [5.41, 5.74) is 2.82. The van der Waals surface area contributed by atoms with Gasteiger partial charge < -0.3 is 0 Å². The fourth-order valence-electron chi connectivity index (χ4n) is 2.73. The standard InChI is InChI=1S/C23H21N3O/c1-23(2,3)22(27)18(15-24)14-19-16-26(20-12-8-5-9-13-20)25-21(19)17-10-6-4-7-11-17/h4-14,16H,1-3H3. The Kier molecular flexibility index (Phi) is 5.05. The van der Waals surface area contributed by atoms with E-state index in [9.17, 15) is 10.1 Å². The number of hydrogen-bond acceptors (Lipinski definition) is 3. The average Bonchev–Trinajstić information content (AvgIpc) is 3.10. The van der Waals surface area contributed by atoms with Crippen molar-refractivity contribution in [3.8, 4) is 23.0 Å². The Bertz CT molecular complexity index is 1020. The SMILES string of the molecule is CC(C)(C)C(=O)C(C#N)=Cc1cn(-c2ccccc2)nc1-c1ccccc1. The Morgan fingerprint density at radius 3 is 2.19 bits per heavy atom. The summed E-state index contributed by atoms with van der Waals surface area (Å²) >= 11 is 0. The van der Waals surface area contributed by atoms with Crippen LogP contribution < -0.4 is 0 Å². The van der Waals surface area contributed by atoms with Gasteiger partial charge in [0.05, 0.1) is 17.0 Å². The van der Waals surface area contributed by atoms with Gasteiger partial charge in [0.2, 0.25) is 0 Å². The van der Waals surface area contributed by atoms with Crippen molar-refractivity contribution in [2.45, 2.75) is 20.8 Å². The van der Waals surface area contributed by atoms with Gasteiger partial charge in [-0.25, -0.2) is 4.68 Å². The molecule has 0 radical (unpaired) electrons. The largest absolute Gasteiger partial charge is 0.293 e. The molecule has 3 aromatic rings. The third kappa shape index (κ3) is 4.04. The van der Waals surface area contributed by atoms with Gasteiger partial charge in [-0.1, -0.05) is 69.3 Å². The molecule has 0 aliphatic heterocycles. The summed E-state index contributed by atoms with van der Waals surface area (Å²) in [4.78, 5) is 12.6. The number of allylic oxidation sites excluding steroid dienone is 1. The molecule has 0 N–H and O–H groups in total. The van der Waals surface area contributed by atoms with E-state index in [1.54, 1.807) is 10.8 Å². The van der Waals surface area contributed by atoms with Crippen molar-refractivity contribution in [2.24, 2.45) is 5.41 Å². The lowest BCUT2D eigenvalue weighted by Crippen LogP contribution is -2.21. The molecule has 0 saturated carbocycles. The van der Waals surface area contributed by atoms with Gasteiger partial charge in [-0.15, -0.1) is 0 Å². The van der Waals surface area contributed by atoms with Crippen LogP contribution in [0, 0.1) is 16.7 Å². The van der Waals surface area contributed by atoms with Gasteiger partial charge in [-0.05, 0) is 18.2 Å². The zero-order valence-electron chi connectivity index (χ0n) is 15.7. The van der Waals surface area contributed by atoms with Gasteiger partial charge in [-0.2, -0.15) is 10.4 Å². The number of carbonyl (C=O) groups is 1. The molecule has 1 heterocycles. The Balaban J connectivity index is 2.16. The molecule has 0 saturated heterocycles. The molecular weight excluding hydrogens is 334 g/mol. The number of aromatic nitrogens is 2. The maximum atomic E-state index is 12.6. The lowest BCUT2D eigenvalue weighted by Gasteiger charge is -2.15. The summed E-state index contributed by atoms with van der Waals surface area (Å²) < 4.78 is 1.77.